The van der Waals surface area contributed by atoms with E-state index in [9.17, 15) is 9.59 Å². The molecule has 1 aliphatic rings. The molecule has 32 heavy (non-hydrogen) atoms. The zero-order chi connectivity index (χ0) is 22.4. The second-order valence-electron chi connectivity index (χ2n) is 8.03. The van der Waals surface area contributed by atoms with Gasteiger partial charge in [0.25, 0.3) is 0 Å². The van der Waals surface area contributed by atoms with Gasteiger partial charge in [-0.15, -0.1) is 11.3 Å². The lowest BCUT2D eigenvalue weighted by molar-refractivity contribution is -0.130. The van der Waals surface area contributed by atoms with Crippen molar-refractivity contribution in [2.75, 3.05) is 32.0 Å². The molecule has 1 atom stereocenters. The number of carbonyl (C=O) groups is 2. The Labute approximate surface area is 191 Å². The largest absolute Gasteiger partial charge is 0.358 e. The Balaban J connectivity index is 1.39. The SMILES string of the molecule is CNC(=O)[C@]1(c2ccccn2)CCCN(CC(=O)Nc2ncc(Cc3ccccc3)s2)C1. The second-order valence-corrected chi connectivity index (χ2v) is 9.15. The molecule has 1 saturated heterocycles. The van der Waals surface area contributed by atoms with E-state index in [1.807, 2.05) is 47.5 Å². The quantitative estimate of drug-likeness (QED) is 0.579. The van der Waals surface area contributed by atoms with Crippen molar-refractivity contribution >= 4 is 28.3 Å². The van der Waals surface area contributed by atoms with Crippen molar-refractivity contribution < 1.29 is 9.59 Å². The molecule has 2 aromatic heterocycles. The summed E-state index contributed by atoms with van der Waals surface area (Å²) in [4.78, 5) is 37.6. The lowest BCUT2D eigenvalue weighted by Crippen LogP contribution is -2.55. The van der Waals surface area contributed by atoms with E-state index in [1.54, 1.807) is 13.2 Å². The van der Waals surface area contributed by atoms with Crippen LogP contribution in [0.4, 0.5) is 5.13 Å². The number of likely N-dealkylation sites (tertiary alicyclic amines) is 1. The standard InChI is InChI=1S/C24H27N5O2S/c1-25-22(31)24(20-10-5-6-12-26-20)11-7-13-29(17-24)16-21(30)28-23-27-15-19(32-23)14-18-8-3-2-4-9-18/h2-6,8-10,12,15H,7,11,13-14,16-17H2,1H3,(H,25,31)(H,27,28,30)/t24-/m1/s1. The molecule has 0 saturated carbocycles. The van der Waals surface area contributed by atoms with E-state index in [0.29, 0.717) is 18.1 Å². The number of benzene rings is 1. The van der Waals surface area contributed by atoms with Crippen LogP contribution in [0.2, 0.25) is 0 Å². The zero-order valence-corrected chi connectivity index (χ0v) is 18.9. The van der Waals surface area contributed by atoms with Gasteiger partial charge in [-0.2, -0.15) is 0 Å². The molecule has 0 bridgehead atoms. The Morgan fingerprint density at radius 2 is 1.94 bits per heavy atom. The molecule has 3 aromatic rings. The normalized spacial score (nSPS) is 18.8. The van der Waals surface area contributed by atoms with Crippen molar-refractivity contribution in [3.63, 3.8) is 0 Å². The van der Waals surface area contributed by atoms with Crippen molar-refractivity contribution in [3.05, 3.63) is 77.1 Å². The summed E-state index contributed by atoms with van der Waals surface area (Å²) in [6, 6.07) is 15.8. The Bertz CT molecular complexity index is 1060. The van der Waals surface area contributed by atoms with Gasteiger partial charge < -0.3 is 10.6 Å². The molecule has 1 fully saturated rings. The highest BCUT2D eigenvalue weighted by Gasteiger charge is 2.44. The number of amides is 2. The van der Waals surface area contributed by atoms with Crippen molar-refractivity contribution in [2.45, 2.75) is 24.7 Å². The number of piperidine rings is 1. The number of pyridine rings is 1. The summed E-state index contributed by atoms with van der Waals surface area (Å²) in [6.07, 6.45) is 5.83. The van der Waals surface area contributed by atoms with Crippen molar-refractivity contribution in [1.29, 1.82) is 0 Å². The summed E-state index contributed by atoms with van der Waals surface area (Å²) in [5.41, 5.74) is 1.20. The van der Waals surface area contributed by atoms with Gasteiger partial charge in [-0.1, -0.05) is 36.4 Å². The van der Waals surface area contributed by atoms with E-state index in [-0.39, 0.29) is 18.4 Å². The van der Waals surface area contributed by atoms with Crippen LogP contribution in [-0.4, -0.2) is 53.4 Å². The number of likely N-dealkylation sites (N-methyl/N-ethyl adjacent to an activating group) is 1. The fourth-order valence-electron chi connectivity index (χ4n) is 4.28. The van der Waals surface area contributed by atoms with E-state index in [0.717, 1.165) is 30.0 Å². The minimum Gasteiger partial charge on any atom is -0.358 e. The first-order chi connectivity index (χ1) is 15.6. The van der Waals surface area contributed by atoms with Crippen LogP contribution in [0.1, 0.15) is 29.0 Å². The van der Waals surface area contributed by atoms with Gasteiger partial charge >= 0.3 is 0 Å². The fraction of sp³-hybridized carbons (Fsp3) is 0.333. The van der Waals surface area contributed by atoms with Crippen molar-refractivity contribution in [2.24, 2.45) is 0 Å². The Kier molecular flexibility index (Phi) is 6.92. The molecule has 2 amide bonds. The number of hydrogen-bond acceptors (Lipinski definition) is 6. The number of nitrogens with one attached hydrogen (secondary N) is 2. The predicted molar refractivity (Wildman–Crippen MR) is 126 cm³/mol. The van der Waals surface area contributed by atoms with Gasteiger partial charge in [-0.25, -0.2) is 4.98 Å². The molecule has 0 spiro atoms. The number of anilines is 1. The molecule has 166 valence electrons. The molecule has 2 N–H and O–H groups in total. The summed E-state index contributed by atoms with van der Waals surface area (Å²) in [7, 11) is 1.65. The van der Waals surface area contributed by atoms with E-state index in [4.69, 9.17) is 0 Å². The number of carbonyl (C=O) groups excluding carboxylic acids is 2. The number of nitrogens with zero attached hydrogens (tertiary/aromatic N) is 3. The van der Waals surface area contributed by atoms with Crippen LogP contribution >= 0.6 is 11.3 Å². The van der Waals surface area contributed by atoms with Crippen LogP contribution in [0.5, 0.6) is 0 Å². The first-order valence-corrected chi connectivity index (χ1v) is 11.6. The summed E-state index contributed by atoms with van der Waals surface area (Å²) >= 11 is 1.49. The highest BCUT2D eigenvalue weighted by atomic mass is 32.1. The Morgan fingerprint density at radius 1 is 1.12 bits per heavy atom. The maximum Gasteiger partial charge on any atom is 0.240 e. The minimum absolute atomic E-state index is 0.0632. The molecular weight excluding hydrogens is 422 g/mol. The van der Waals surface area contributed by atoms with E-state index in [1.165, 1.54) is 16.9 Å². The Morgan fingerprint density at radius 3 is 2.69 bits per heavy atom. The average molecular weight is 450 g/mol. The molecule has 0 radical (unpaired) electrons. The Hall–Kier alpha value is -3.10. The van der Waals surface area contributed by atoms with Crippen LogP contribution in [-0.2, 0) is 21.4 Å². The number of hydrogen-bond donors (Lipinski definition) is 2. The monoisotopic (exact) mass is 449 g/mol. The average Bonchev–Trinajstić information content (AvgIpc) is 3.26. The maximum absolute atomic E-state index is 12.9. The third kappa shape index (κ3) is 5.03. The minimum atomic E-state index is -0.751. The highest BCUT2D eigenvalue weighted by molar-refractivity contribution is 7.15. The molecule has 8 heteroatoms. The number of aromatic nitrogens is 2. The molecule has 1 aliphatic heterocycles. The first-order valence-electron chi connectivity index (χ1n) is 10.7. The molecule has 7 nitrogen and oxygen atoms in total. The summed E-state index contributed by atoms with van der Waals surface area (Å²) in [6.45, 7) is 1.42. The van der Waals surface area contributed by atoms with E-state index in [2.05, 4.69) is 32.7 Å². The van der Waals surface area contributed by atoms with Crippen LogP contribution in [0, 0.1) is 0 Å². The third-order valence-electron chi connectivity index (χ3n) is 5.78. The smallest absolute Gasteiger partial charge is 0.240 e. The van der Waals surface area contributed by atoms with Crippen LogP contribution in [0.3, 0.4) is 0 Å². The van der Waals surface area contributed by atoms with Crippen molar-refractivity contribution in [3.8, 4) is 0 Å². The molecule has 3 heterocycles. The summed E-state index contributed by atoms with van der Waals surface area (Å²) in [5.74, 6) is -0.189. The first kappa shape index (κ1) is 22.1. The predicted octanol–water partition coefficient (Wildman–Crippen LogP) is 2.85. The van der Waals surface area contributed by atoms with Gasteiger partial charge in [0, 0.05) is 37.3 Å². The second kappa shape index (κ2) is 10.0. The van der Waals surface area contributed by atoms with E-state index >= 15 is 0 Å². The van der Waals surface area contributed by atoms with Gasteiger partial charge in [0.2, 0.25) is 11.8 Å². The third-order valence-corrected chi connectivity index (χ3v) is 6.69. The molecule has 1 aromatic carbocycles. The summed E-state index contributed by atoms with van der Waals surface area (Å²) < 4.78 is 0. The molecule has 4 rings (SSSR count). The van der Waals surface area contributed by atoms with Gasteiger partial charge in [0.1, 0.15) is 5.41 Å². The van der Waals surface area contributed by atoms with Crippen molar-refractivity contribution in [1.82, 2.24) is 20.2 Å². The fourth-order valence-corrected chi connectivity index (χ4v) is 5.14. The van der Waals surface area contributed by atoms with Crippen LogP contribution in [0.25, 0.3) is 0 Å². The number of rotatable bonds is 7. The van der Waals surface area contributed by atoms with Crippen LogP contribution in [0.15, 0.2) is 60.9 Å². The van der Waals surface area contributed by atoms with Gasteiger partial charge in [0.05, 0.1) is 12.2 Å². The number of thiazole rings is 1. The molecular formula is C24H27N5O2S. The van der Waals surface area contributed by atoms with Gasteiger partial charge in [0.15, 0.2) is 5.13 Å². The van der Waals surface area contributed by atoms with Gasteiger partial charge in [-0.05, 0) is 37.1 Å². The molecule has 0 aliphatic carbocycles. The summed E-state index contributed by atoms with van der Waals surface area (Å²) in [5, 5.41) is 6.31. The zero-order valence-electron chi connectivity index (χ0n) is 18.1. The topological polar surface area (TPSA) is 87.2 Å². The van der Waals surface area contributed by atoms with Crippen LogP contribution < -0.4 is 10.6 Å². The lowest BCUT2D eigenvalue weighted by Gasteiger charge is -2.40. The van der Waals surface area contributed by atoms with E-state index < -0.39 is 5.41 Å². The van der Waals surface area contributed by atoms with Gasteiger partial charge in [-0.3, -0.25) is 19.5 Å². The maximum atomic E-state index is 12.9. The molecule has 0 unspecified atom stereocenters. The lowest BCUT2D eigenvalue weighted by atomic mass is 9.75. The highest BCUT2D eigenvalue weighted by Crippen LogP contribution is 2.33.